The number of hydrogen-bond donors (Lipinski definition) is 4. The molecule has 4 rings (SSSR count). The van der Waals surface area contributed by atoms with Crippen molar-refractivity contribution in [3.8, 4) is 29.4 Å². The van der Waals surface area contributed by atoms with Crippen molar-refractivity contribution in [3.05, 3.63) is 53.3 Å². The Morgan fingerprint density at radius 3 is 2.55 bits per heavy atom. The second-order valence-corrected chi connectivity index (χ2v) is 15.0. The molecule has 1 aromatic heterocycles. The van der Waals surface area contributed by atoms with Gasteiger partial charge in [-0.2, -0.15) is 5.48 Å². The lowest BCUT2D eigenvalue weighted by molar-refractivity contribution is -0.159. The number of para-hydroxylation sites is 1. The molecule has 1 atom stereocenters. The number of carbonyl (C=O) groups is 3. The smallest absolute Gasteiger partial charge is 0.404 e. The van der Waals surface area contributed by atoms with Crippen molar-refractivity contribution < 1.29 is 51.6 Å². The highest BCUT2D eigenvalue weighted by Crippen LogP contribution is 2.39. The van der Waals surface area contributed by atoms with Gasteiger partial charge in [-0.25, -0.2) is 22.6 Å². The highest BCUT2D eigenvalue weighted by Gasteiger charge is 2.45. The quantitative estimate of drug-likeness (QED) is 0.136. The van der Waals surface area contributed by atoms with Crippen molar-refractivity contribution in [2.24, 2.45) is 5.92 Å². The topological polar surface area (TPSA) is 205 Å². The molecule has 4 N–H and O–H groups in total. The molecule has 15 nitrogen and oxygen atoms in total. The molecule has 0 radical (unpaired) electrons. The molecule has 1 aromatic carbocycles. The Morgan fingerprint density at radius 2 is 1.89 bits per heavy atom. The Hall–Kier alpha value is -4.15. The van der Waals surface area contributed by atoms with Gasteiger partial charge in [-0.3, -0.25) is 24.0 Å². The first-order valence-corrected chi connectivity index (χ1v) is 17.9. The van der Waals surface area contributed by atoms with Gasteiger partial charge >= 0.3 is 19.8 Å². The second kappa shape index (κ2) is 14.7. The van der Waals surface area contributed by atoms with Gasteiger partial charge in [0.05, 0.1) is 19.6 Å². The summed E-state index contributed by atoms with van der Waals surface area (Å²) in [4.78, 5) is 64.8. The molecule has 0 aliphatic carbocycles. The molecule has 0 saturated carbocycles. The Morgan fingerprint density at radius 1 is 1.17 bits per heavy atom. The molecule has 3 heterocycles. The van der Waals surface area contributed by atoms with E-state index in [4.69, 9.17) is 19.7 Å². The summed E-state index contributed by atoms with van der Waals surface area (Å²) in [6.07, 6.45) is 1.75. The van der Waals surface area contributed by atoms with Gasteiger partial charge in [0.15, 0.2) is 14.6 Å². The first-order valence-electron chi connectivity index (χ1n) is 14.5. The molecule has 2 aliphatic rings. The average molecular weight is 691 g/mol. The fraction of sp³-hybridized carbons (Fsp3) is 0.433. The minimum Gasteiger partial charge on any atom is -0.404 e. The predicted molar refractivity (Wildman–Crippen MR) is 167 cm³/mol. The summed E-state index contributed by atoms with van der Waals surface area (Å²) in [5, 5.41) is 8.94. The number of likely N-dealkylation sites (tertiary alicyclic amines) is 1. The number of aromatic nitrogens is 1. The number of carbonyl (C=O) groups excluding carboxylic acids is 3. The number of sulfone groups is 1. The largest absolute Gasteiger partial charge is 0.524 e. The highest BCUT2D eigenvalue weighted by atomic mass is 32.2. The molecule has 0 bridgehead atoms. The molecule has 1 fully saturated rings. The van der Waals surface area contributed by atoms with Crippen molar-refractivity contribution >= 4 is 35.6 Å². The zero-order valence-corrected chi connectivity index (χ0v) is 27.4. The standard InChI is InChI=1S/C30H35N4O11PS/c1-30(47(2,42)43,28(37)31-44-27(36)12-11-24-9-5-6-10-26(24)45-46(39,40)41)13-14-33-21-25-17-22(20-34(25)29(33)38)7-3-4-8-23-18-32(19-23)15-16-35/h5-6,9-10,17,20,23,35H,11-16,18-19,21H2,1-2H3,(H,31,37)(H2,39,40,41). The van der Waals surface area contributed by atoms with Gasteiger partial charge in [0.25, 0.3) is 5.91 Å². The number of hydroxylamine groups is 1. The number of aliphatic hydroxyl groups excluding tert-OH is 1. The minimum atomic E-state index is -4.84. The van der Waals surface area contributed by atoms with Gasteiger partial charge in [-0.15, -0.1) is 0 Å². The Balaban J connectivity index is 1.29. The molecule has 1 unspecified atom stereocenters. The van der Waals surface area contributed by atoms with Gasteiger partial charge in [-0.05, 0) is 49.3 Å². The van der Waals surface area contributed by atoms with Crippen LogP contribution in [0, 0.1) is 29.6 Å². The summed E-state index contributed by atoms with van der Waals surface area (Å²) in [6, 6.07) is 7.19. The second-order valence-electron chi connectivity index (χ2n) is 11.3. The molecule has 2 aliphatic heterocycles. The maximum Gasteiger partial charge on any atom is 0.524 e. The van der Waals surface area contributed by atoms with Crippen molar-refractivity contribution in [1.29, 1.82) is 0 Å². The summed E-state index contributed by atoms with van der Waals surface area (Å²) >= 11 is 0. The number of β-amino-alcohol motifs (C(OH)–C–C–N with tert-alkyl or cyclic N) is 1. The van der Waals surface area contributed by atoms with Crippen molar-refractivity contribution in [3.63, 3.8) is 0 Å². The minimum absolute atomic E-state index is 0.0573. The van der Waals surface area contributed by atoms with Gasteiger partial charge in [0.2, 0.25) is 0 Å². The van der Waals surface area contributed by atoms with Gasteiger partial charge in [0.1, 0.15) is 5.75 Å². The number of benzene rings is 1. The molecule has 17 heteroatoms. The van der Waals surface area contributed by atoms with Crippen molar-refractivity contribution in [1.82, 2.24) is 19.8 Å². The number of nitrogens with zero attached hydrogens (tertiary/aromatic N) is 3. The first-order chi connectivity index (χ1) is 22.1. The van der Waals surface area contributed by atoms with Crippen molar-refractivity contribution in [2.45, 2.75) is 37.5 Å². The van der Waals surface area contributed by atoms with Crippen LogP contribution in [0.4, 0.5) is 4.79 Å². The number of fused-ring (bicyclic) bond motifs is 1. The molecule has 0 spiro atoms. The molecule has 2 aromatic rings. The lowest BCUT2D eigenvalue weighted by Crippen LogP contribution is -2.52. The third-order valence-electron chi connectivity index (χ3n) is 7.85. The van der Waals surface area contributed by atoms with E-state index >= 15 is 0 Å². The van der Waals surface area contributed by atoms with Crippen LogP contribution in [-0.2, 0) is 41.8 Å². The van der Waals surface area contributed by atoms with Crippen LogP contribution in [0.3, 0.4) is 0 Å². The predicted octanol–water partition coefficient (Wildman–Crippen LogP) is 0.423. The summed E-state index contributed by atoms with van der Waals surface area (Å²) in [6.45, 7) is 3.57. The van der Waals surface area contributed by atoms with Crippen LogP contribution in [0.1, 0.15) is 36.6 Å². The molecule has 47 heavy (non-hydrogen) atoms. The fourth-order valence-corrected chi connectivity index (χ4v) is 6.21. The van der Waals surface area contributed by atoms with E-state index in [-0.39, 0.29) is 50.6 Å². The third-order valence-corrected chi connectivity index (χ3v) is 10.3. The number of amides is 2. The zero-order chi connectivity index (χ0) is 34.4. The van der Waals surface area contributed by atoms with Crippen LogP contribution < -0.4 is 10.0 Å². The lowest BCUT2D eigenvalue weighted by Gasteiger charge is -2.35. The van der Waals surface area contributed by atoms with Crippen LogP contribution in [-0.4, -0.2) is 99.4 Å². The SMILES string of the molecule is CC(CCN1Cc2cc(C#CC#CC3CN(CCO)C3)cn2C1=O)(C(=O)NOC(=O)CCc1ccccc1OP(=O)(O)O)S(C)(=O)=O. The number of aliphatic hydroxyl groups is 1. The van der Waals surface area contributed by atoms with E-state index in [0.29, 0.717) is 23.4 Å². The maximum atomic E-state index is 13.0. The Bertz CT molecular complexity index is 1810. The highest BCUT2D eigenvalue weighted by molar-refractivity contribution is 7.92. The average Bonchev–Trinajstić information content (AvgIpc) is 3.51. The summed E-state index contributed by atoms with van der Waals surface area (Å²) < 4.78 is 40.6. The summed E-state index contributed by atoms with van der Waals surface area (Å²) in [5.41, 5.74) is 3.43. The molecule has 2 amide bonds. The number of rotatable bonds is 12. The van der Waals surface area contributed by atoms with Crippen molar-refractivity contribution in [2.75, 3.05) is 39.0 Å². The molecule has 1 saturated heterocycles. The number of phosphoric ester groups is 1. The number of hydrogen-bond acceptors (Lipinski definition) is 10. The van der Waals surface area contributed by atoms with Gasteiger partial charge in [-0.1, -0.05) is 30.0 Å². The summed E-state index contributed by atoms with van der Waals surface area (Å²) in [5.74, 6) is 9.63. The van der Waals surface area contributed by atoms with E-state index in [9.17, 15) is 27.4 Å². The Labute approximate surface area is 271 Å². The van der Waals surface area contributed by atoms with E-state index in [1.165, 1.54) is 34.6 Å². The Kier molecular flexibility index (Phi) is 11.2. The van der Waals surface area contributed by atoms with E-state index < -0.39 is 40.3 Å². The van der Waals surface area contributed by atoms with E-state index in [2.05, 4.69) is 33.1 Å². The van der Waals surface area contributed by atoms with Gasteiger partial charge < -0.3 is 19.4 Å². The zero-order valence-electron chi connectivity index (χ0n) is 25.7. The van der Waals surface area contributed by atoms with Crippen LogP contribution in [0.15, 0.2) is 36.5 Å². The lowest BCUT2D eigenvalue weighted by atomic mass is 10.0. The number of aryl methyl sites for hydroxylation is 1. The van der Waals surface area contributed by atoms with Crippen LogP contribution in [0.25, 0.3) is 0 Å². The molecular weight excluding hydrogens is 655 g/mol. The van der Waals surface area contributed by atoms with E-state index in [1.54, 1.807) is 18.3 Å². The summed E-state index contributed by atoms with van der Waals surface area (Å²) in [7, 11) is -8.91. The van der Waals surface area contributed by atoms with E-state index in [0.717, 1.165) is 19.3 Å². The van der Waals surface area contributed by atoms with Gasteiger partial charge in [0, 0.05) is 55.8 Å². The normalized spacial score (nSPS) is 16.1. The number of nitrogens with one attached hydrogen (secondary N) is 1. The first kappa shape index (κ1) is 35.7. The van der Waals surface area contributed by atoms with Crippen LogP contribution in [0.5, 0.6) is 5.75 Å². The van der Waals surface area contributed by atoms with Crippen LogP contribution >= 0.6 is 7.82 Å². The monoisotopic (exact) mass is 690 g/mol. The maximum absolute atomic E-state index is 13.0. The third kappa shape index (κ3) is 9.23. The fourth-order valence-electron chi connectivity index (χ4n) is 4.94. The van der Waals surface area contributed by atoms with E-state index in [1.807, 2.05) is 5.48 Å². The molecular formula is C30H35N4O11PS. The molecule has 252 valence electrons. The number of phosphoric acid groups is 1. The van der Waals surface area contributed by atoms with Crippen LogP contribution in [0.2, 0.25) is 0 Å².